The topological polar surface area (TPSA) is 0 Å². The lowest BCUT2D eigenvalue weighted by molar-refractivity contribution is 0.670. The van der Waals surface area contributed by atoms with Gasteiger partial charge in [-0.05, 0) is 43.7 Å². The summed E-state index contributed by atoms with van der Waals surface area (Å²) in [4.78, 5) is 0. The molecule has 1 aromatic carbocycles. The Morgan fingerprint density at radius 3 is 2.57 bits per heavy atom. The average molecular weight is 188 g/mol. The van der Waals surface area contributed by atoms with Crippen molar-refractivity contribution in [1.82, 2.24) is 0 Å². The van der Waals surface area contributed by atoms with E-state index in [4.69, 9.17) is 0 Å². The van der Waals surface area contributed by atoms with E-state index in [2.05, 4.69) is 45.5 Å². The molecule has 1 aromatic rings. The molecule has 0 aliphatic carbocycles. The van der Waals surface area contributed by atoms with Crippen molar-refractivity contribution in [2.24, 2.45) is 0 Å². The number of aryl methyl sites for hydroxylation is 2. The molecule has 0 spiro atoms. The van der Waals surface area contributed by atoms with Crippen molar-refractivity contribution >= 4 is 0 Å². The maximum absolute atomic E-state index is 3.82. The maximum atomic E-state index is 3.82. The van der Waals surface area contributed by atoms with Crippen LogP contribution in [0.25, 0.3) is 0 Å². The maximum Gasteiger partial charge on any atom is -0.0127 e. The van der Waals surface area contributed by atoms with Crippen LogP contribution in [0.3, 0.4) is 0 Å². The molecule has 1 atom stereocenters. The summed E-state index contributed by atoms with van der Waals surface area (Å²) in [5.74, 6) is 0.646. The Morgan fingerprint density at radius 2 is 2.07 bits per heavy atom. The zero-order valence-corrected chi connectivity index (χ0v) is 9.51. The summed E-state index contributed by atoms with van der Waals surface area (Å²) in [6.45, 7) is 10.4. The molecule has 14 heavy (non-hydrogen) atoms. The van der Waals surface area contributed by atoms with Crippen LogP contribution >= 0.6 is 0 Å². The standard InChI is InChI=1S/C14H20/c1-5-7-13(6-2)14-9-8-11(3)10-12(14)4/h5,8-10,13H,1,6-7H2,2-4H3. The molecule has 0 fully saturated rings. The Hall–Kier alpha value is -1.04. The van der Waals surface area contributed by atoms with Gasteiger partial charge in [-0.1, -0.05) is 36.8 Å². The smallest absolute Gasteiger partial charge is 0.0127 e. The lowest BCUT2D eigenvalue weighted by Gasteiger charge is -2.16. The van der Waals surface area contributed by atoms with Crippen LogP contribution in [0, 0.1) is 13.8 Å². The molecule has 0 aromatic heterocycles. The van der Waals surface area contributed by atoms with E-state index in [1.54, 1.807) is 0 Å². The number of allylic oxidation sites excluding steroid dienone is 1. The zero-order chi connectivity index (χ0) is 10.6. The van der Waals surface area contributed by atoms with Gasteiger partial charge in [0, 0.05) is 0 Å². The predicted octanol–water partition coefficient (Wildman–Crippen LogP) is 4.37. The zero-order valence-electron chi connectivity index (χ0n) is 9.51. The van der Waals surface area contributed by atoms with Crippen molar-refractivity contribution < 1.29 is 0 Å². The molecule has 0 heterocycles. The van der Waals surface area contributed by atoms with Gasteiger partial charge in [0.1, 0.15) is 0 Å². The third-order valence-electron chi connectivity index (χ3n) is 2.81. The first kappa shape index (κ1) is 11.0. The molecule has 76 valence electrons. The van der Waals surface area contributed by atoms with E-state index in [0.29, 0.717) is 5.92 Å². The minimum absolute atomic E-state index is 0.646. The van der Waals surface area contributed by atoms with Crippen molar-refractivity contribution in [1.29, 1.82) is 0 Å². The van der Waals surface area contributed by atoms with Crippen LogP contribution in [0.4, 0.5) is 0 Å². The van der Waals surface area contributed by atoms with E-state index >= 15 is 0 Å². The summed E-state index contributed by atoms with van der Waals surface area (Å²) in [6, 6.07) is 6.73. The highest BCUT2D eigenvalue weighted by molar-refractivity contribution is 5.33. The fourth-order valence-electron chi connectivity index (χ4n) is 2.00. The van der Waals surface area contributed by atoms with Gasteiger partial charge in [0.25, 0.3) is 0 Å². The first-order valence-corrected chi connectivity index (χ1v) is 5.37. The van der Waals surface area contributed by atoms with E-state index in [0.717, 1.165) is 6.42 Å². The van der Waals surface area contributed by atoms with Crippen molar-refractivity contribution in [3.8, 4) is 0 Å². The molecule has 0 N–H and O–H groups in total. The van der Waals surface area contributed by atoms with Crippen LogP contribution in [0.1, 0.15) is 42.4 Å². The molecule has 0 amide bonds. The van der Waals surface area contributed by atoms with Crippen molar-refractivity contribution in [3.05, 3.63) is 47.5 Å². The summed E-state index contributed by atoms with van der Waals surface area (Å²) in [7, 11) is 0. The summed E-state index contributed by atoms with van der Waals surface area (Å²) < 4.78 is 0. The highest BCUT2D eigenvalue weighted by Crippen LogP contribution is 2.26. The lowest BCUT2D eigenvalue weighted by atomic mass is 9.89. The second kappa shape index (κ2) is 4.99. The highest BCUT2D eigenvalue weighted by atomic mass is 14.1. The van der Waals surface area contributed by atoms with Crippen LogP contribution in [-0.2, 0) is 0 Å². The van der Waals surface area contributed by atoms with Gasteiger partial charge < -0.3 is 0 Å². The Labute approximate surface area is 87.7 Å². The molecule has 0 saturated carbocycles. The third-order valence-corrected chi connectivity index (χ3v) is 2.81. The molecule has 0 heteroatoms. The molecule has 0 saturated heterocycles. The highest BCUT2D eigenvalue weighted by Gasteiger charge is 2.09. The predicted molar refractivity (Wildman–Crippen MR) is 63.8 cm³/mol. The fourth-order valence-corrected chi connectivity index (χ4v) is 2.00. The van der Waals surface area contributed by atoms with E-state index in [9.17, 15) is 0 Å². The monoisotopic (exact) mass is 188 g/mol. The number of rotatable bonds is 4. The van der Waals surface area contributed by atoms with Crippen LogP contribution in [0.15, 0.2) is 30.9 Å². The Kier molecular flexibility index (Phi) is 3.94. The third kappa shape index (κ3) is 2.47. The molecule has 0 aliphatic heterocycles. The fraction of sp³-hybridized carbons (Fsp3) is 0.429. The van der Waals surface area contributed by atoms with Crippen molar-refractivity contribution in [2.75, 3.05) is 0 Å². The van der Waals surface area contributed by atoms with E-state index < -0.39 is 0 Å². The largest absolute Gasteiger partial charge is 0.103 e. The molecule has 0 aliphatic rings. The summed E-state index contributed by atoms with van der Waals surface area (Å²) in [6.07, 6.45) is 4.30. The van der Waals surface area contributed by atoms with Crippen LogP contribution < -0.4 is 0 Å². The Bertz CT molecular complexity index is 310. The van der Waals surface area contributed by atoms with Gasteiger partial charge in [0.2, 0.25) is 0 Å². The lowest BCUT2D eigenvalue weighted by Crippen LogP contribution is -1.98. The molecule has 0 bridgehead atoms. The van der Waals surface area contributed by atoms with Gasteiger partial charge in [-0.15, -0.1) is 6.58 Å². The Balaban J connectivity index is 2.97. The molecular formula is C14H20. The van der Waals surface area contributed by atoms with E-state index in [1.807, 2.05) is 6.08 Å². The van der Waals surface area contributed by atoms with Gasteiger partial charge in [0.05, 0.1) is 0 Å². The first-order valence-electron chi connectivity index (χ1n) is 5.37. The van der Waals surface area contributed by atoms with Crippen LogP contribution in [0.5, 0.6) is 0 Å². The van der Waals surface area contributed by atoms with E-state index in [-0.39, 0.29) is 0 Å². The molecule has 1 rings (SSSR count). The van der Waals surface area contributed by atoms with Crippen LogP contribution in [0.2, 0.25) is 0 Å². The minimum Gasteiger partial charge on any atom is -0.103 e. The number of benzene rings is 1. The Morgan fingerprint density at radius 1 is 1.36 bits per heavy atom. The quantitative estimate of drug-likeness (QED) is 0.615. The van der Waals surface area contributed by atoms with Gasteiger partial charge >= 0.3 is 0 Å². The van der Waals surface area contributed by atoms with Crippen LogP contribution in [-0.4, -0.2) is 0 Å². The van der Waals surface area contributed by atoms with Gasteiger partial charge in [-0.2, -0.15) is 0 Å². The van der Waals surface area contributed by atoms with E-state index in [1.165, 1.54) is 23.1 Å². The summed E-state index contributed by atoms with van der Waals surface area (Å²) >= 11 is 0. The second-order valence-corrected chi connectivity index (χ2v) is 3.99. The number of hydrogen-bond acceptors (Lipinski definition) is 0. The normalized spacial score (nSPS) is 12.5. The summed E-state index contributed by atoms with van der Waals surface area (Å²) in [5, 5.41) is 0. The van der Waals surface area contributed by atoms with Crippen molar-refractivity contribution in [2.45, 2.75) is 39.5 Å². The van der Waals surface area contributed by atoms with Gasteiger partial charge in [-0.3, -0.25) is 0 Å². The average Bonchev–Trinajstić information content (AvgIpc) is 2.15. The number of hydrogen-bond donors (Lipinski definition) is 0. The molecule has 0 nitrogen and oxygen atoms in total. The van der Waals surface area contributed by atoms with Crippen molar-refractivity contribution in [3.63, 3.8) is 0 Å². The molecule has 1 unspecified atom stereocenters. The van der Waals surface area contributed by atoms with Gasteiger partial charge in [-0.25, -0.2) is 0 Å². The second-order valence-electron chi connectivity index (χ2n) is 3.99. The first-order chi connectivity index (χ1) is 6.69. The van der Waals surface area contributed by atoms with Gasteiger partial charge in [0.15, 0.2) is 0 Å². The SMILES string of the molecule is C=CCC(CC)c1ccc(C)cc1C. The molecular weight excluding hydrogens is 168 g/mol. The minimum atomic E-state index is 0.646. The summed E-state index contributed by atoms with van der Waals surface area (Å²) in [5.41, 5.74) is 4.25. The molecule has 0 radical (unpaired) electrons.